The van der Waals surface area contributed by atoms with E-state index in [1.54, 1.807) is 42.5 Å². The lowest BCUT2D eigenvalue weighted by molar-refractivity contribution is 0.192. The summed E-state index contributed by atoms with van der Waals surface area (Å²) in [5.74, 6) is 0.286. The smallest absolute Gasteiger partial charge is 0.280 e. The number of methoxy groups -OCH3 is 1. The molecular formula is C24H21N9O6S. The van der Waals surface area contributed by atoms with E-state index in [-0.39, 0.29) is 53.1 Å². The molecule has 0 unspecified atom stereocenters. The van der Waals surface area contributed by atoms with Gasteiger partial charge in [0.2, 0.25) is 11.6 Å². The van der Waals surface area contributed by atoms with Crippen LogP contribution >= 0.6 is 0 Å². The maximum Gasteiger partial charge on any atom is 0.280 e. The summed E-state index contributed by atoms with van der Waals surface area (Å²) in [4.78, 5) is 17.1. The second kappa shape index (κ2) is 11.7. The van der Waals surface area contributed by atoms with Crippen LogP contribution in [-0.2, 0) is 10.0 Å². The molecule has 0 spiro atoms. The molecule has 0 atom stereocenters. The Morgan fingerprint density at radius 1 is 0.975 bits per heavy atom. The topological polar surface area (TPSA) is 200 Å². The van der Waals surface area contributed by atoms with Crippen LogP contribution < -0.4 is 18.9 Å². The summed E-state index contributed by atoms with van der Waals surface area (Å²) in [5.41, 5.74) is 0.781. The number of pyridine rings is 2. The summed E-state index contributed by atoms with van der Waals surface area (Å²) in [7, 11) is -2.78. The number of benzene rings is 1. The molecule has 0 aliphatic rings. The highest BCUT2D eigenvalue weighted by atomic mass is 32.2. The molecule has 15 nitrogen and oxygen atoms in total. The van der Waals surface area contributed by atoms with Gasteiger partial charge in [-0.1, -0.05) is 18.2 Å². The summed E-state index contributed by atoms with van der Waals surface area (Å²) in [5, 5.41) is 22.9. The van der Waals surface area contributed by atoms with Crippen molar-refractivity contribution in [1.82, 2.24) is 40.6 Å². The summed E-state index contributed by atoms with van der Waals surface area (Å²) in [6, 6.07) is 14.4. The normalized spacial score (nSPS) is 11.2. The van der Waals surface area contributed by atoms with Gasteiger partial charge in [0, 0.05) is 18.0 Å². The Hall–Kier alpha value is -5.22. The highest BCUT2D eigenvalue weighted by Crippen LogP contribution is 2.41. The van der Waals surface area contributed by atoms with Gasteiger partial charge in [-0.05, 0) is 41.6 Å². The molecule has 0 saturated heterocycles. The van der Waals surface area contributed by atoms with Crippen LogP contribution in [0.25, 0.3) is 22.9 Å². The monoisotopic (exact) mass is 563 g/mol. The fraction of sp³-hybridized carbons (Fsp3) is 0.125. The number of nitrogens with zero attached hydrogens (tertiary/aromatic N) is 7. The molecule has 40 heavy (non-hydrogen) atoms. The molecule has 4 aromatic heterocycles. The van der Waals surface area contributed by atoms with Crippen molar-refractivity contribution in [2.45, 2.75) is 5.03 Å². The van der Waals surface area contributed by atoms with Gasteiger partial charge in [0.15, 0.2) is 28.2 Å². The lowest BCUT2D eigenvalue weighted by Crippen LogP contribution is -2.17. The van der Waals surface area contributed by atoms with Crippen molar-refractivity contribution in [3.05, 3.63) is 67.0 Å². The lowest BCUT2D eigenvalue weighted by Gasteiger charge is -2.18. The Morgan fingerprint density at radius 3 is 2.52 bits per heavy atom. The Morgan fingerprint density at radius 2 is 1.80 bits per heavy atom. The number of hydrogen-bond acceptors (Lipinski definition) is 13. The molecule has 0 fully saturated rings. The highest BCUT2D eigenvalue weighted by molar-refractivity contribution is 7.92. The number of aliphatic hydroxyl groups excluding tert-OH is 1. The van der Waals surface area contributed by atoms with Crippen molar-refractivity contribution in [2.75, 3.05) is 25.0 Å². The van der Waals surface area contributed by atoms with Crippen molar-refractivity contribution in [3.8, 4) is 46.0 Å². The SMILES string of the molecule is COc1ccccc1Oc1c(NS(=O)(=O)c2ccccn2)nc(-c2ccnc(-c3nn[nH]n3)c2)nc1OCCO. The molecule has 0 amide bonds. The van der Waals surface area contributed by atoms with Crippen molar-refractivity contribution >= 4 is 15.8 Å². The summed E-state index contributed by atoms with van der Waals surface area (Å²) < 4.78 is 46.1. The van der Waals surface area contributed by atoms with E-state index in [4.69, 9.17) is 14.2 Å². The van der Waals surface area contributed by atoms with E-state index in [2.05, 4.69) is 45.3 Å². The molecule has 0 aliphatic carbocycles. The predicted molar refractivity (Wildman–Crippen MR) is 139 cm³/mol. The number of aliphatic hydroxyl groups is 1. The minimum Gasteiger partial charge on any atom is -0.493 e. The third kappa shape index (κ3) is 5.77. The highest BCUT2D eigenvalue weighted by Gasteiger charge is 2.26. The van der Waals surface area contributed by atoms with Crippen LogP contribution in [0.5, 0.6) is 23.1 Å². The van der Waals surface area contributed by atoms with Gasteiger partial charge in [0.1, 0.15) is 12.3 Å². The molecule has 204 valence electrons. The Bertz CT molecular complexity index is 1700. The van der Waals surface area contributed by atoms with Gasteiger partial charge >= 0.3 is 0 Å². The molecule has 16 heteroatoms. The van der Waals surface area contributed by atoms with Crippen molar-refractivity contribution in [2.24, 2.45) is 0 Å². The Labute approximate surface area is 227 Å². The molecule has 0 aliphatic heterocycles. The summed E-state index contributed by atoms with van der Waals surface area (Å²) in [6.07, 6.45) is 2.83. The number of para-hydroxylation sites is 2. The summed E-state index contributed by atoms with van der Waals surface area (Å²) >= 11 is 0. The maximum absolute atomic E-state index is 13.3. The van der Waals surface area contributed by atoms with Crippen LogP contribution in [0.4, 0.5) is 5.82 Å². The number of nitrogens with one attached hydrogen (secondary N) is 2. The molecule has 3 N–H and O–H groups in total. The maximum atomic E-state index is 13.3. The standard InChI is InChI=1S/C24H21N9O6S/c1-37-17-6-2-3-7-18(17)39-20-23(31-40(35,36)19-8-4-5-10-26-19)27-21(28-24(20)38-13-12-34)15-9-11-25-16(14-15)22-29-32-33-30-22/h2-11,14,34H,12-13H2,1H3,(H,27,28,31)(H,29,30,32,33). The second-order valence-corrected chi connectivity index (χ2v) is 9.42. The minimum atomic E-state index is -4.24. The van der Waals surface area contributed by atoms with Gasteiger partial charge in [-0.3, -0.25) is 9.71 Å². The van der Waals surface area contributed by atoms with Crippen LogP contribution in [-0.4, -0.2) is 74.4 Å². The number of sulfonamides is 1. The van der Waals surface area contributed by atoms with Crippen LogP contribution in [0.2, 0.25) is 0 Å². The van der Waals surface area contributed by atoms with Crippen molar-refractivity contribution < 1.29 is 27.7 Å². The van der Waals surface area contributed by atoms with Crippen LogP contribution in [0.15, 0.2) is 72.0 Å². The first-order chi connectivity index (χ1) is 19.5. The van der Waals surface area contributed by atoms with E-state index in [0.717, 1.165) is 0 Å². The van der Waals surface area contributed by atoms with Gasteiger partial charge in [0.25, 0.3) is 15.9 Å². The predicted octanol–water partition coefficient (Wildman–Crippen LogP) is 2.09. The number of anilines is 1. The number of aromatic amines is 1. The molecule has 4 heterocycles. The zero-order valence-electron chi connectivity index (χ0n) is 20.8. The van der Waals surface area contributed by atoms with Gasteiger partial charge in [-0.25, -0.2) is 9.97 Å². The van der Waals surface area contributed by atoms with Gasteiger partial charge in [-0.15, -0.1) is 10.2 Å². The molecule has 1 aromatic carbocycles. The number of H-pyrrole nitrogens is 1. The fourth-order valence-electron chi connectivity index (χ4n) is 3.42. The first-order valence-corrected chi connectivity index (χ1v) is 13.1. The largest absolute Gasteiger partial charge is 0.493 e. The number of ether oxygens (including phenoxy) is 3. The average molecular weight is 564 g/mol. The third-order valence-corrected chi connectivity index (χ3v) is 6.44. The summed E-state index contributed by atoms with van der Waals surface area (Å²) in [6.45, 7) is -0.519. The molecule has 0 saturated carbocycles. The van der Waals surface area contributed by atoms with E-state index in [9.17, 15) is 13.5 Å². The van der Waals surface area contributed by atoms with Gasteiger partial charge in [0.05, 0.1) is 13.7 Å². The number of tetrazole rings is 1. The molecular weight excluding hydrogens is 542 g/mol. The van der Waals surface area contributed by atoms with Crippen molar-refractivity contribution in [3.63, 3.8) is 0 Å². The van der Waals surface area contributed by atoms with E-state index >= 15 is 0 Å². The van der Waals surface area contributed by atoms with Gasteiger partial charge < -0.3 is 19.3 Å². The van der Waals surface area contributed by atoms with E-state index in [1.165, 1.54) is 31.6 Å². The van der Waals surface area contributed by atoms with E-state index < -0.39 is 10.0 Å². The molecule has 5 rings (SSSR count). The Balaban J connectivity index is 1.67. The van der Waals surface area contributed by atoms with E-state index in [0.29, 0.717) is 17.0 Å². The Kier molecular flexibility index (Phi) is 7.70. The van der Waals surface area contributed by atoms with Gasteiger partial charge in [-0.2, -0.15) is 18.6 Å². The minimum absolute atomic E-state index is 0.0474. The number of rotatable bonds is 11. The number of hydrogen-bond donors (Lipinski definition) is 3. The zero-order chi connectivity index (χ0) is 28.0. The first-order valence-electron chi connectivity index (χ1n) is 11.6. The van der Waals surface area contributed by atoms with Crippen molar-refractivity contribution in [1.29, 1.82) is 0 Å². The fourth-order valence-corrected chi connectivity index (χ4v) is 4.38. The average Bonchev–Trinajstić information content (AvgIpc) is 3.53. The molecule has 0 bridgehead atoms. The quantitative estimate of drug-likeness (QED) is 0.211. The second-order valence-electron chi connectivity index (χ2n) is 7.79. The van der Waals surface area contributed by atoms with Crippen LogP contribution in [0, 0.1) is 0 Å². The number of aromatic nitrogens is 8. The van der Waals surface area contributed by atoms with E-state index in [1.807, 2.05) is 0 Å². The van der Waals surface area contributed by atoms with Crippen LogP contribution in [0.1, 0.15) is 0 Å². The lowest BCUT2D eigenvalue weighted by atomic mass is 10.2. The molecule has 5 aromatic rings. The zero-order valence-corrected chi connectivity index (χ0v) is 21.6. The molecule has 0 radical (unpaired) electrons. The first kappa shape index (κ1) is 26.4. The third-order valence-electron chi connectivity index (χ3n) is 5.18. The van der Waals surface area contributed by atoms with Crippen LogP contribution in [0.3, 0.4) is 0 Å².